The molecule has 2 atom stereocenters. The maximum Gasteiger partial charge on any atom is 0.344 e. The fraction of sp³-hybridized carbons (Fsp3) is 0.444. The van der Waals surface area contributed by atoms with E-state index in [4.69, 9.17) is 4.74 Å². The van der Waals surface area contributed by atoms with Crippen LogP contribution >= 0.6 is 11.8 Å². The van der Waals surface area contributed by atoms with Gasteiger partial charge in [-0.1, -0.05) is 11.8 Å². The Morgan fingerprint density at radius 2 is 2.00 bits per heavy atom. The fourth-order valence-electron chi connectivity index (χ4n) is 2.84. The largest absolute Gasteiger partial charge is 0.376 e. The van der Waals surface area contributed by atoms with Crippen LogP contribution < -0.4 is 16.3 Å². The van der Waals surface area contributed by atoms with Gasteiger partial charge in [0.05, 0.1) is 17.9 Å². The molecule has 0 radical (unpaired) electrons. The predicted octanol–water partition coefficient (Wildman–Crippen LogP) is 1.83. The van der Waals surface area contributed by atoms with Gasteiger partial charge in [0.25, 0.3) is 0 Å². The van der Waals surface area contributed by atoms with Crippen LogP contribution in [-0.4, -0.2) is 44.5 Å². The van der Waals surface area contributed by atoms with Crippen LogP contribution in [0.25, 0.3) is 0 Å². The van der Waals surface area contributed by atoms with Crippen molar-refractivity contribution < 1.29 is 14.3 Å². The minimum absolute atomic E-state index is 0.000842. The first kappa shape index (κ1) is 20.2. The minimum Gasteiger partial charge on any atom is -0.376 e. The molecule has 1 saturated heterocycles. The van der Waals surface area contributed by atoms with E-state index < -0.39 is 5.25 Å². The van der Waals surface area contributed by atoms with Gasteiger partial charge in [-0.2, -0.15) is 0 Å². The van der Waals surface area contributed by atoms with Gasteiger partial charge < -0.3 is 15.4 Å². The minimum atomic E-state index is -0.464. The number of nitrogens with one attached hydrogen (secondary N) is 3. The molecule has 0 saturated carbocycles. The Hall–Kier alpha value is -2.59. The lowest BCUT2D eigenvalue weighted by Gasteiger charge is -2.14. The summed E-state index contributed by atoms with van der Waals surface area (Å²) in [6.07, 6.45) is 1.90. The van der Waals surface area contributed by atoms with Crippen molar-refractivity contribution in [2.24, 2.45) is 0 Å². The number of aromatic amines is 1. The summed E-state index contributed by atoms with van der Waals surface area (Å²) in [5.74, 6) is -0.369. The molecule has 2 aromatic rings. The molecule has 10 heteroatoms. The number of hydrogen-bond donors (Lipinski definition) is 3. The average molecular weight is 405 g/mol. The van der Waals surface area contributed by atoms with Crippen LogP contribution in [0.15, 0.2) is 34.2 Å². The molecule has 150 valence electrons. The van der Waals surface area contributed by atoms with Gasteiger partial charge in [-0.25, -0.2) is 9.89 Å². The predicted molar refractivity (Wildman–Crippen MR) is 107 cm³/mol. The van der Waals surface area contributed by atoms with E-state index >= 15 is 0 Å². The molecule has 2 amide bonds. The third kappa shape index (κ3) is 5.23. The number of amides is 2. The first-order valence-corrected chi connectivity index (χ1v) is 9.92. The number of anilines is 2. The highest BCUT2D eigenvalue weighted by atomic mass is 32.2. The van der Waals surface area contributed by atoms with Crippen molar-refractivity contribution in [3.8, 4) is 0 Å². The van der Waals surface area contributed by atoms with Crippen LogP contribution in [0.3, 0.4) is 0 Å². The lowest BCUT2D eigenvalue weighted by molar-refractivity contribution is -0.115. The molecule has 0 spiro atoms. The van der Waals surface area contributed by atoms with E-state index in [0.29, 0.717) is 29.7 Å². The van der Waals surface area contributed by atoms with E-state index in [0.717, 1.165) is 12.8 Å². The molecule has 0 aliphatic carbocycles. The summed E-state index contributed by atoms with van der Waals surface area (Å²) in [6, 6.07) is 6.84. The van der Waals surface area contributed by atoms with Crippen molar-refractivity contribution in [2.45, 2.75) is 49.7 Å². The molecule has 1 aromatic carbocycles. The van der Waals surface area contributed by atoms with Crippen molar-refractivity contribution in [1.29, 1.82) is 0 Å². The average Bonchev–Trinajstić information content (AvgIpc) is 3.28. The normalized spacial score (nSPS) is 17.3. The number of rotatable bonds is 7. The highest BCUT2D eigenvalue weighted by Gasteiger charge is 2.23. The monoisotopic (exact) mass is 405 g/mol. The summed E-state index contributed by atoms with van der Waals surface area (Å²) in [5.41, 5.74) is 0.965. The van der Waals surface area contributed by atoms with Crippen LogP contribution in [0.2, 0.25) is 0 Å². The SMILES string of the molecule is CC(=O)Nc1ccc(NC(=O)[C@H](C)Sc2n[nH]c(=O)n2C[C@@H]2CCCO2)cc1. The van der Waals surface area contributed by atoms with E-state index in [2.05, 4.69) is 20.8 Å². The lowest BCUT2D eigenvalue weighted by atomic mass is 10.2. The zero-order chi connectivity index (χ0) is 20.1. The van der Waals surface area contributed by atoms with Crippen molar-refractivity contribution in [1.82, 2.24) is 14.8 Å². The zero-order valence-corrected chi connectivity index (χ0v) is 16.5. The maximum absolute atomic E-state index is 12.5. The Kier molecular flexibility index (Phi) is 6.53. The summed E-state index contributed by atoms with van der Waals surface area (Å²) in [5, 5.41) is 12.0. The molecule has 9 nitrogen and oxygen atoms in total. The summed E-state index contributed by atoms with van der Waals surface area (Å²) in [7, 11) is 0. The number of carbonyl (C=O) groups excluding carboxylic acids is 2. The van der Waals surface area contributed by atoms with Crippen LogP contribution in [0.5, 0.6) is 0 Å². The Balaban J connectivity index is 1.60. The Bertz CT molecular complexity index is 886. The van der Waals surface area contributed by atoms with E-state index in [1.807, 2.05) is 0 Å². The molecule has 1 aliphatic rings. The highest BCUT2D eigenvalue weighted by molar-refractivity contribution is 8.00. The summed E-state index contributed by atoms with van der Waals surface area (Å²) >= 11 is 1.21. The van der Waals surface area contributed by atoms with Gasteiger partial charge in [0.2, 0.25) is 11.8 Å². The summed E-state index contributed by atoms with van der Waals surface area (Å²) in [4.78, 5) is 35.6. The third-order valence-electron chi connectivity index (χ3n) is 4.26. The molecule has 2 heterocycles. The van der Waals surface area contributed by atoms with Crippen molar-refractivity contribution in [2.75, 3.05) is 17.2 Å². The fourth-order valence-corrected chi connectivity index (χ4v) is 3.71. The highest BCUT2D eigenvalue weighted by Crippen LogP contribution is 2.23. The summed E-state index contributed by atoms with van der Waals surface area (Å²) in [6.45, 7) is 4.32. The van der Waals surface area contributed by atoms with Gasteiger partial charge in [-0.05, 0) is 44.0 Å². The van der Waals surface area contributed by atoms with Crippen molar-refractivity contribution in [3.05, 3.63) is 34.7 Å². The quantitative estimate of drug-likeness (QED) is 0.605. The van der Waals surface area contributed by atoms with Crippen LogP contribution in [0.4, 0.5) is 11.4 Å². The number of nitrogens with zero attached hydrogens (tertiary/aromatic N) is 2. The smallest absolute Gasteiger partial charge is 0.344 e. The number of aromatic nitrogens is 3. The van der Waals surface area contributed by atoms with Crippen LogP contribution in [-0.2, 0) is 20.9 Å². The van der Waals surface area contributed by atoms with Crippen LogP contribution in [0.1, 0.15) is 26.7 Å². The second-order valence-electron chi connectivity index (χ2n) is 6.56. The molecule has 1 aromatic heterocycles. The van der Waals surface area contributed by atoms with Gasteiger partial charge >= 0.3 is 5.69 Å². The topological polar surface area (TPSA) is 118 Å². The molecule has 0 bridgehead atoms. The first-order chi connectivity index (χ1) is 13.4. The second kappa shape index (κ2) is 9.07. The zero-order valence-electron chi connectivity index (χ0n) is 15.7. The van der Waals surface area contributed by atoms with Gasteiger partial charge in [-0.15, -0.1) is 5.10 Å². The molecule has 0 unspecified atom stereocenters. The number of ether oxygens (including phenoxy) is 1. The number of hydrogen-bond acceptors (Lipinski definition) is 6. The molecule has 1 aliphatic heterocycles. The lowest BCUT2D eigenvalue weighted by Crippen LogP contribution is -2.26. The van der Waals surface area contributed by atoms with Gasteiger partial charge in [0.1, 0.15) is 0 Å². The molecular weight excluding hydrogens is 382 g/mol. The number of carbonyl (C=O) groups is 2. The van der Waals surface area contributed by atoms with Crippen molar-refractivity contribution in [3.63, 3.8) is 0 Å². The van der Waals surface area contributed by atoms with Crippen LogP contribution in [0, 0.1) is 0 Å². The Morgan fingerprint density at radius 1 is 1.32 bits per heavy atom. The van der Waals surface area contributed by atoms with E-state index in [1.54, 1.807) is 31.2 Å². The maximum atomic E-state index is 12.5. The van der Waals surface area contributed by atoms with E-state index in [-0.39, 0.29) is 23.6 Å². The van der Waals surface area contributed by atoms with E-state index in [1.165, 1.54) is 23.3 Å². The number of benzene rings is 1. The third-order valence-corrected chi connectivity index (χ3v) is 5.35. The molecule has 1 fully saturated rings. The number of thioether (sulfide) groups is 1. The van der Waals surface area contributed by atoms with Gasteiger partial charge in [0.15, 0.2) is 5.16 Å². The standard InChI is InChI=1S/C18H23N5O4S/c1-11(16(25)20-14-7-5-13(6-8-14)19-12(2)24)28-18-22-21-17(26)23(18)10-15-4-3-9-27-15/h5-8,11,15H,3-4,9-10H2,1-2H3,(H,19,24)(H,20,25)(H,21,26)/t11-,15-/m0/s1. The summed E-state index contributed by atoms with van der Waals surface area (Å²) < 4.78 is 7.11. The molecule has 3 rings (SSSR count). The Morgan fingerprint density at radius 3 is 2.61 bits per heavy atom. The first-order valence-electron chi connectivity index (χ1n) is 9.04. The van der Waals surface area contributed by atoms with E-state index in [9.17, 15) is 14.4 Å². The second-order valence-corrected chi connectivity index (χ2v) is 7.87. The Labute approximate surface area is 166 Å². The molecule has 3 N–H and O–H groups in total. The number of H-pyrrole nitrogens is 1. The van der Waals surface area contributed by atoms with Gasteiger partial charge in [0, 0.05) is 24.9 Å². The molecule has 28 heavy (non-hydrogen) atoms. The van der Waals surface area contributed by atoms with Crippen molar-refractivity contribution >= 4 is 35.0 Å². The molecular formula is C18H23N5O4S. The van der Waals surface area contributed by atoms with Gasteiger partial charge in [-0.3, -0.25) is 14.2 Å².